The van der Waals surface area contributed by atoms with Gasteiger partial charge < -0.3 is 9.47 Å². The van der Waals surface area contributed by atoms with E-state index in [1.807, 2.05) is 6.07 Å². The second-order valence-corrected chi connectivity index (χ2v) is 9.10. The van der Waals surface area contributed by atoms with E-state index in [1.54, 1.807) is 0 Å². The van der Waals surface area contributed by atoms with E-state index >= 15 is 0 Å². The van der Waals surface area contributed by atoms with Crippen molar-refractivity contribution in [3.63, 3.8) is 0 Å². The number of halogens is 2. The van der Waals surface area contributed by atoms with Crippen molar-refractivity contribution in [3.05, 3.63) is 54.5 Å². The lowest BCUT2D eigenvalue weighted by molar-refractivity contribution is 0.0985. The van der Waals surface area contributed by atoms with E-state index in [0.717, 1.165) is 69.4 Å². The number of carbonyl (C=O) groups excluding carboxylic acids is 2. The van der Waals surface area contributed by atoms with Gasteiger partial charge in [-0.05, 0) is 67.5 Å². The van der Waals surface area contributed by atoms with Gasteiger partial charge in [-0.15, -0.1) is 0 Å². The summed E-state index contributed by atoms with van der Waals surface area (Å²) in [6.07, 6.45) is 4.94. The van der Waals surface area contributed by atoms with Crippen LogP contribution in [0.25, 0.3) is 0 Å². The van der Waals surface area contributed by atoms with E-state index in [0.29, 0.717) is 19.4 Å². The summed E-state index contributed by atoms with van der Waals surface area (Å²) >= 11 is 6.96. The lowest BCUT2D eigenvalue weighted by Gasteiger charge is -2.07. The van der Waals surface area contributed by atoms with Gasteiger partial charge in [0.05, 0.1) is 22.2 Å². The van der Waals surface area contributed by atoms with E-state index in [9.17, 15) is 9.59 Å². The summed E-state index contributed by atoms with van der Waals surface area (Å²) < 4.78 is 12.9. The summed E-state index contributed by atoms with van der Waals surface area (Å²) in [6.45, 7) is 1.45. The van der Waals surface area contributed by atoms with Gasteiger partial charge in [0.1, 0.15) is 11.5 Å². The normalized spacial score (nSPS) is 17.9. The van der Waals surface area contributed by atoms with Crippen molar-refractivity contribution in [1.29, 1.82) is 0 Å². The Balaban J connectivity index is 0.000000122. The summed E-state index contributed by atoms with van der Waals surface area (Å²) in [7, 11) is 0. The molecule has 144 valence electrons. The molecule has 2 aromatic rings. The lowest BCUT2D eigenvalue weighted by atomic mass is 10.0. The van der Waals surface area contributed by atoms with E-state index in [-0.39, 0.29) is 11.6 Å². The highest BCUT2D eigenvalue weighted by molar-refractivity contribution is 9.11. The molecule has 2 aromatic carbocycles. The maximum Gasteiger partial charge on any atom is 0.164 e. The molecule has 0 radical (unpaired) electrons. The predicted octanol–water partition coefficient (Wildman–Crippen LogP) is 5.03. The molecule has 0 N–H and O–H groups in total. The molecule has 0 fully saturated rings. The number of benzene rings is 2. The second-order valence-electron chi connectivity index (χ2n) is 7.46. The number of ketones is 2. The molecule has 6 rings (SSSR count). The number of carbonyl (C=O) groups is 2. The lowest BCUT2D eigenvalue weighted by Crippen LogP contribution is -1.97. The zero-order valence-corrected chi connectivity index (χ0v) is 18.4. The molecule has 28 heavy (non-hydrogen) atoms. The average Bonchev–Trinajstić information content (AvgIpc) is 3.43. The third-order valence-electron chi connectivity index (χ3n) is 5.81. The molecule has 0 aromatic heterocycles. The topological polar surface area (TPSA) is 52.6 Å². The van der Waals surface area contributed by atoms with Gasteiger partial charge >= 0.3 is 0 Å². The fourth-order valence-electron chi connectivity index (χ4n) is 4.53. The Morgan fingerprint density at radius 2 is 1.32 bits per heavy atom. The standard InChI is InChI=1S/2C11H9BrO2/c12-8-5-6-1-2-9(13)10(6)7-3-4-14-11(7)8;12-10-9-6(1-2-8(9)13)5-7-3-4-14-11(7)10/h2*5H,1-4H2. The molecule has 2 heterocycles. The summed E-state index contributed by atoms with van der Waals surface area (Å²) in [4.78, 5) is 23.3. The molecule has 4 aliphatic rings. The van der Waals surface area contributed by atoms with E-state index in [4.69, 9.17) is 9.47 Å². The molecule has 0 atom stereocenters. The Bertz CT molecular complexity index is 1040. The molecule has 2 aliphatic heterocycles. The first-order chi connectivity index (χ1) is 13.5. The monoisotopic (exact) mass is 504 g/mol. The van der Waals surface area contributed by atoms with Gasteiger partial charge in [-0.2, -0.15) is 0 Å². The molecule has 4 nitrogen and oxygen atoms in total. The van der Waals surface area contributed by atoms with Crippen LogP contribution in [0, 0.1) is 0 Å². The highest BCUT2D eigenvalue weighted by Gasteiger charge is 2.30. The maximum atomic E-state index is 11.7. The van der Waals surface area contributed by atoms with Gasteiger partial charge in [0.25, 0.3) is 0 Å². The zero-order valence-electron chi connectivity index (χ0n) is 15.2. The summed E-state index contributed by atoms with van der Waals surface area (Å²) in [5.74, 6) is 2.30. The summed E-state index contributed by atoms with van der Waals surface area (Å²) in [6, 6.07) is 4.16. The second kappa shape index (κ2) is 6.99. The predicted molar refractivity (Wildman–Crippen MR) is 112 cm³/mol. The van der Waals surface area contributed by atoms with Gasteiger partial charge in [0.2, 0.25) is 0 Å². The van der Waals surface area contributed by atoms with Crippen LogP contribution in [0.4, 0.5) is 0 Å². The van der Waals surface area contributed by atoms with Crippen LogP contribution in [0.3, 0.4) is 0 Å². The fraction of sp³-hybridized carbons (Fsp3) is 0.364. The first-order valence-electron chi connectivity index (χ1n) is 9.55. The number of rotatable bonds is 0. The van der Waals surface area contributed by atoms with Gasteiger partial charge in [-0.3, -0.25) is 9.59 Å². The van der Waals surface area contributed by atoms with Crippen molar-refractivity contribution in [2.24, 2.45) is 0 Å². The summed E-state index contributed by atoms with van der Waals surface area (Å²) in [5.41, 5.74) is 6.53. The number of Topliss-reactive ketones (excluding diaryl/α,β-unsaturated/α-hetero) is 2. The number of hydrogen-bond donors (Lipinski definition) is 0. The van der Waals surface area contributed by atoms with Crippen LogP contribution in [-0.2, 0) is 25.7 Å². The Kier molecular flexibility index (Phi) is 4.59. The number of aryl methyl sites for hydroxylation is 2. The molecule has 2 aliphatic carbocycles. The SMILES string of the molecule is O=C1CCc2cc(Br)c3c(c21)CCO3.O=C1CCc2cc3c(c(Br)c21)OCC3. The van der Waals surface area contributed by atoms with Crippen LogP contribution in [0.1, 0.15) is 55.8 Å². The highest BCUT2D eigenvalue weighted by Crippen LogP contribution is 2.42. The molecule has 0 spiro atoms. The molecule has 0 unspecified atom stereocenters. The fourth-order valence-corrected chi connectivity index (χ4v) is 6.00. The first kappa shape index (κ1) is 18.4. The number of fused-ring (bicyclic) bond motifs is 5. The third-order valence-corrected chi connectivity index (χ3v) is 7.16. The van der Waals surface area contributed by atoms with Crippen molar-refractivity contribution in [2.45, 2.75) is 38.5 Å². The quantitative estimate of drug-likeness (QED) is 0.504. The molecule has 0 bridgehead atoms. The Morgan fingerprint density at radius 3 is 2.11 bits per heavy atom. The average molecular weight is 506 g/mol. The molecular formula is C22H18Br2O4. The minimum absolute atomic E-state index is 0.241. The van der Waals surface area contributed by atoms with Crippen LogP contribution in [-0.4, -0.2) is 24.8 Å². The van der Waals surface area contributed by atoms with Crippen LogP contribution in [0.15, 0.2) is 21.1 Å². The highest BCUT2D eigenvalue weighted by atomic mass is 79.9. The number of ether oxygens (including phenoxy) is 2. The van der Waals surface area contributed by atoms with Crippen LogP contribution >= 0.6 is 31.9 Å². The van der Waals surface area contributed by atoms with Crippen molar-refractivity contribution in [1.82, 2.24) is 0 Å². The zero-order chi connectivity index (χ0) is 19.4. The molecule has 0 amide bonds. The minimum atomic E-state index is 0.241. The Morgan fingerprint density at radius 1 is 0.679 bits per heavy atom. The first-order valence-corrected chi connectivity index (χ1v) is 11.1. The van der Waals surface area contributed by atoms with Crippen molar-refractivity contribution in [2.75, 3.05) is 13.2 Å². The molecule has 0 saturated carbocycles. The van der Waals surface area contributed by atoms with Crippen LogP contribution in [0.2, 0.25) is 0 Å². The van der Waals surface area contributed by atoms with Gasteiger partial charge in [0, 0.05) is 42.4 Å². The van der Waals surface area contributed by atoms with E-state index < -0.39 is 0 Å². The maximum absolute atomic E-state index is 11.7. The molecule has 6 heteroatoms. The van der Waals surface area contributed by atoms with Gasteiger partial charge in [-0.25, -0.2) is 0 Å². The van der Waals surface area contributed by atoms with Gasteiger partial charge in [0.15, 0.2) is 11.6 Å². The third kappa shape index (κ3) is 2.84. The van der Waals surface area contributed by atoms with Crippen LogP contribution in [0.5, 0.6) is 11.5 Å². The van der Waals surface area contributed by atoms with Crippen molar-refractivity contribution >= 4 is 43.4 Å². The summed E-state index contributed by atoms with van der Waals surface area (Å²) in [5, 5.41) is 0. The molecule has 0 saturated heterocycles. The largest absolute Gasteiger partial charge is 0.492 e. The van der Waals surface area contributed by atoms with E-state index in [2.05, 4.69) is 37.9 Å². The smallest absolute Gasteiger partial charge is 0.164 e. The van der Waals surface area contributed by atoms with E-state index in [1.165, 1.54) is 16.7 Å². The van der Waals surface area contributed by atoms with Gasteiger partial charge in [-0.1, -0.05) is 6.07 Å². The van der Waals surface area contributed by atoms with Crippen molar-refractivity contribution < 1.29 is 19.1 Å². The van der Waals surface area contributed by atoms with Crippen LogP contribution < -0.4 is 9.47 Å². The Labute approximate surface area is 179 Å². The Hall–Kier alpha value is -1.66. The number of hydrogen-bond acceptors (Lipinski definition) is 4. The van der Waals surface area contributed by atoms with Crippen molar-refractivity contribution in [3.8, 4) is 11.5 Å². The minimum Gasteiger partial charge on any atom is -0.492 e. The molecular weight excluding hydrogens is 488 g/mol.